The van der Waals surface area contributed by atoms with E-state index in [1.807, 2.05) is 11.0 Å². The molecule has 0 spiro atoms. The van der Waals surface area contributed by atoms with Gasteiger partial charge >= 0.3 is 0 Å². The van der Waals surface area contributed by atoms with Crippen LogP contribution in [-0.2, 0) is 16.0 Å². The van der Waals surface area contributed by atoms with E-state index in [2.05, 4.69) is 5.32 Å². The highest BCUT2D eigenvalue weighted by Gasteiger charge is 2.43. The number of carbonyl (C=O) groups excluding carboxylic acids is 2. The molecule has 130 valence electrons. The average Bonchev–Trinajstić information content (AvgIpc) is 2.90. The molecule has 1 saturated heterocycles. The summed E-state index contributed by atoms with van der Waals surface area (Å²) in [6, 6.07) is 6.54. The zero-order chi connectivity index (χ0) is 17.3. The Morgan fingerprint density at radius 2 is 1.96 bits per heavy atom. The van der Waals surface area contributed by atoms with Gasteiger partial charge in [0.15, 0.2) is 0 Å². The van der Waals surface area contributed by atoms with E-state index < -0.39 is 6.10 Å². The van der Waals surface area contributed by atoms with Gasteiger partial charge in [0, 0.05) is 20.0 Å². The van der Waals surface area contributed by atoms with E-state index in [4.69, 9.17) is 0 Å². The second-order valence-electron chi connectivity index (χ2n) is 7.01. The molecule has 4 atom stereocenters. The monoisotopic (exact) mass is 332 g/mol. The van der Waals surface area contributed by atoms with Crippen LogP contribution in [-0.4, -0.2) is 52.2 Å². The van der Waals surface area contributed by atoms with Crippen LogP contribution in [0.15, 0.2) is 24.3 Å². The Hall–Kier alpha value is -2.08. The van der Waals surface area contributed by atoms with Gasteiger partial charge in [-0.3, -0.25) is 9.59 Å². The smallest absolute Gasteiger partial charge is 0.227 e. The van der Waals surface area contributed by atoms with Gasteiger partial charge in [0.25, 0.3) is 0 Å². The van der Waals surface area contributed by atoms with E-state index in [0.717, 1.165) is 5.56 Å². The van der Waals surface area contributed by atoms with Crippen LogP contribution in [0.2, 0.25) is 0 Å². The van der Waals surface area contributed by atoms with Gasteiger partial charge in [-0.05, 0) is 42.4 Å². The third kappa shape index (κ3) is 3.70. The first-order valence-electron chi connectivity index (χ1n) is 8.43. The Labute approximate surface area is 141 Å². The molecule has 2 amide bonds. The van der Waals surface area contributed by atoms with Crippen LogP contribution >= 0.6 is 0 Å². The molecule has 2 fully saturated rings. The highest BCUT2D eigenvalue weighted by Crippen LogP contribution is 2.36. The van der Waals surface area contributed by atoms with Gasteiger partial charge in [0.05, 0.1) is 18.6 Å². The topological polar surface area (TPSA) is 89.9 Å². The van der Waals surface area contributed by atoms with Crippen molar-refractivity contribution < 1.29 is 19.8 Å². The highest BCUT2D eigenvalue weighted by atomic mass is 16.3. The fourth-order valence-corrected chi connectivity index (χ4v) is 4.00. The first-order chi connectivity index (χ1) is 11.4. The lowest BCUT2D eigenvalue weighted by Crippen LogP contribution is -2.48. The van der Waals surface area contributed by atoms with Crippen LogP contribution < -0.4 is 5.32 Å². The molecule has 2 aliphatic rings. The molecule has 1 saturated carbocycles. The lowest BCUT2D eigenvalue weighted by Gasteiger charge is -2.35. The fraction of sp³-hybridized carbons (Fsp3) is 0.556. The maximum absolute atomic E-state index is 12.5. The van der Waals surface area contributed by atoms with Crippen LogP contribution in [0.1, 0.15) is 25.3 Å². The van der Waals surface area contributed by atoms with Crippen LogP contribution in [0, 0.1) is 11.8 Å². The number of carbonyl (C=O) groups is 2. The van der Waals surface area contributed by atoms with Crippen LogP contribution in [0.4, 0.5) is 0 Å². The standard InChI is InChI=1S/C18H24N2O4/c1-11(21)19-16-7-13-9-20(10-14(13)8-17(16)23)18(24)6-12-3-2-4-15(22)5-12/h2-5,13-14,16-17,22-23H,6-10H2,1H3,(H,19,21)/t13-,14+,16-,17-/m1/s1. The summed E-state index contributed by atoms with van der Waals surface area (Å²) in [6.45, 7) is 2.79. The summed E-state index contributed by atoms with van der Waals surface area (Å²) in [5.74, 6) is 0.682. The fourth-order valence-electron chi connectivity index (χ4n) is 4.00. The van der Waals surface area contributed by atoms with Gasteiger partial charge in [0.2, 0.25) is 11.8 Å². The molecular weight excluding hydrogens is 308 g/mol. The van der Waals surface area contributed by atoms with Crippen LogP contribution in [0.25, 0.3) is 0 Å². The second-order valence-corrected chi connectivity index (χ2v) is 7.01. The van der Waals surface area contributed by atoms with Crippen molar-refractivity contribution in [3.63, 3.8) is 0 Å². The number of benzene rings is 1. The van der Waals surface area contributed by atoms with Gasteiger partial charge in [-0.25, -0.2) is 0 Å². The molecule has 1 aromatic rings. The predicted octanol–water partition coefficient (Wildman–Crippen LogP) is 0.669. The summed E-state index contributed by atoms with van der Waals surface area (Å²) < 4.78 is 0. The van der Waals surface area contributed by atoms with Crippen molar-refractivity contribution in [1.82, 2.24) is 10.2 Å². The number of hydrogen-bond acceptors (Lipinski definition) is 4. The molecule has 3 rings (SSSR count). The summed E-state index contributed by atoms with van der Waals surface area (Å²) in [6.07, 6.45) is 1.05. The zero-order valence-electron chi connectivity index (χ0n) is 13.8. The lowest BCUT2D eigenvalue weighted by molar-refractivity contribution is -0.129. The number of phenols is 1. The number of rotatable bonds is 3. The molecule has 6 heteroatoms. The van der Waals surface area contributed by atoms with Gasteiger partial charge in [-0.1, -0.05) is 12.1 Å². The van der Waals surface area contributed by atoms with Crippen LogP contribution in [0.3, 0.4) is 0 Å². The molecule has 0 aromatic heterocycles. The molecule has 1 aliphatic carbocycles. The molecule has 1 aromatic carbocycles. The van der Waals surface area contributed by atoms with Crippen molar-refractivity contribution in [2.24, 2.45) is 11.8 Å². The summed E-state index contributed by atoms with van der Waals surface area (Å²) in [7, 11) is 0. The first kappa shape index (κ1) is 16.8. The van der Waals surface area contributed by atoms with Crippen molar-refractivity contribution in [1.29, 1.82) is 0 Å². The Morgan fingerprint density at radius 1 is 1.25 bits per heavy atom. The lowest BCUT2D eigenvalue weighted by atomic mass is 9.77. The first-order valence-corrected chi connectivity index (χ1v) is 8.43. The Morgan fingerprint density at radius 3 is 2.62 bits per heavy atom. The maximum Gasteiger partial charge on any atom is 0.227 e. The second kappa shape index (κ2) is 6.81. The Balaban J connectivity index is 1.60. The predicted molar refractivity (Wildman–Crippen MR) is 88.2 cm³/mol. The van der Waals surface area contributed by atoms with Gasteiger partial charge in [-0.2, -0.15) is 0 Å². The minimum absolute atomic E-state index is 0.0422. The molecule has 24 heavy (non-hydrogen) atoms. The van der Waals surface area contributed by atoms with E-state index in [1.54, 1.807) is 18.2 Å². The van der Waals surface area contributed by atoms with Crippen LogP contribution in [0.5, 0.6) is 5.75 Å². The third-order valence-electron chi connectivity index (χ3n) is 5.15. The van der Waals surface area contributed by atoms with Crippen molar-refractivity contribution >= 4 is 11.8 Å². The largest absolute Gasteiger partial charge is 0.508 e. The molecule has 0 bridgehead atoms. The van der Waals surface area contributed by atoms with E-state index in [9.17, 15) is 19.8 Å². The summed E-state index contributed by atoms with van der Waals surface area (Å²) >= 11 is 0. The number of aliphatic hydroxyl groups excluding tert-OH is 1. The minimum atomic E-state index is -0.545. The quantitative estimate of drug-likeness (QED) is 0.759. The van der Waals surface area contributed by atoms with Gasteiger partial charge < -0.3 is 20.4 Å². The number of nitrogens with zero attached hydrogens (tertiary/aromatic N) is 1. The number of aromatic hydroxyl groups is 1. The number of phenolic OH excluding ortho intramolecular Hbond substituents is 1. The summed E-state index contributed by atoms with van der Waals surface area (Å²) in [4.78, 5) is 25.6. The normalized spacial score (nSPS) is 29.2. The van der Waals surface area contributed by atoms with E-state index in [1.165, 1.54) is 6.92 Å². The van der Waals surface area contributed by atoms with E-state index in [-0.39, 0.29) is 35.9 Å². The minimum Gasteiger partial charge on any atom is -0.508 e. The Bertz CT molecular complexity index is 633. The molecule has 1 heterocycles. The van der Waals surface area contributed by atoms with E-state index in [0.29, 0.717) is 31.8 Å². The summed E-state index contributed by atoms with van der Waals surface area (Å²) in [5.41, 5.74) is 0.797. The van der Waals surface area contributed by atoms with Gasteiger partial charge in [-0.15, -0.1) is 0 Å². The number of hydrogen-bond donors (Lipinski definition) is 3. The number of amides is 2. The number of aliphatic hydroxyl groups is 1. The zero-order valence-corrected chi connectivity index (χ0v) is 13.8. The van der Waals surface area contributed by atoms with Crippen molar-refractivity contribution in [3.05, 3.63) is 29.8 Å². The molecule has 6 nitrogen and oxygen atoms in total. The molecule has 1 aliphatic heterocycles. The van der Waals surface area contributed by atoms with Gasteiger partial charge in [0.1, 0.15) is 5.75 Å². The highest BCUT2D eigenvalue weighted by molar-refractivity contribution is 5.79. The number of fused-ring (bicyclic) bond motifs is 1. The number of nitrogens with one attached hydrogen (secondary N) is 1. The van der Waals surface area contributed by atoms with Crippen molar-refractivity contribution in [2.45, 2.75) is 38.3 Å². The Kier molecular flexibility index (Phi) is 4.76. The molecule has 0 unspecified atom stereocenters. The molecule has 3 N–H and O–H groups in total. The van der Waals surface area contributed by atoms with Crippen molar-refractivity contribution in [3.8, 4) is 5.75 Å². The average molecular weight is 332 g/mol. The SMILES string of the molecule is CC(=O)N[C@@H]1C[C@@H]2CN(C(=O)Cc3cccc(O)c3)C[C@@H]2C[C@H]1O. The van der Waals surface area contributed by atoms with Crippen molar-refractivity contribution in [2.75, 3.05) is 13.1 Å². The van der Waals surface area contributed by atoms with E-state index >= 15 is 0 Å². The molecule has 0 radical (unpaired) electrons. The summed E-state index contributed by atoms with van der Waals surface area (Å²) in [5, 5.41) is 22.5. The maximum atomic E-state index is 12.5. The molecular formula is C18H24N2O4. The number of likely N-dealkylation sites (tertiary alicyclic amines) is 1. The third-order valence-corrected chi connectivity index (χ3v) is 5.15.